The van der Waals surface area contributed by atoms with Crippen molar-refractivity contribution in [1.82, 2.24) is 0 Å². The standard InChI is InChI=1S/C15H28O2/c1-14(2)10-8-6-4-3-5-7-9-11-15(17)12-13-16/h13-14H,3-12H2,1-2H3. The zero-order valence-corrected chi connectivity index (χ0v) is 11.5. The lowest BCUT2D eigenvalue weighted by molar-refractivity contribution is -0.122. The SMILES string of the molecule is CC(C)CCCCCCCCCC(=O)CC=O. The van der Waals surface area contributed by atoms with E-state index < -0.39 is 0 Å². The van der Waals surface area contributed by atoms with Crippen LogP contribution in [0.2, 0.25) is 0 Å². The van der Waals surface area contributed by atoms with E-state index in [0.717, 1.165) is 18.8 Å². The van der Waals surface area contributed by atoms with E-state index in [9.17, 15) is 9.59 Å². The molecule has 0 saturated carbocycles. The summed E-state index contributed by atoms with van der Waals surface area (Å²) in [5.41, 5.74) is 0. The lowest BCUT2D eigenvalue weighted by Crippen LogP contribution is -1.97. The third kappa shape index (κ3) is 13.3. The van der Waals surface area contributed by atoms with Gasteiger partial charge < -0.3 is 4.79 Å². The normalized spacial score (nSPS) is 10.8. The zero-order valence-electron chi connectivity index (χ0n) is 11.5. The number of hydrogen-bond acceptors (Lipinski definition) is 2. The average molecular weight is 240 g/mol. The minimum Gasteiger partial charge on any atom is -0.303 e. The molecule has 100 valence electrons. The molecule has 0 aromatic heterocycles. The van der Waals surface area contributed by atoms with E-state index in [-0.39, 0.29) is 12.2 Å². The van der Waals surface area contributed by atoms with Crippen molar-refractivity contribution in [1.29, 1.82) is 0 Å². The van der Waals surface area contributed by atoms with Crippen LogP contribution in [0.5, 0.6) is 0 Å². The third-order valence-corrected chi connectivity index (χ3v) is 3.05. The summed E-state index contributed by atoms with van der Waals surface area (Å²) in [6, 6.07) is 0. The molecule has 0 aliphatic heterocycles. The molecule has 0 N–H and O–H groups in total. The number of ketones is 1. The molecule has 0 radical (unpaired) electrons. The quantitative estimate of drug-likeness (QED) is 0.289. The first kappa shape index (κ1) is 16.3. The maximum absolute atomic E-state index is 11.0. The number of aldehydes is 1. The Hall–Kier alpha value is -0.660. The van der Waals surface area contributed by atoms with Crippen LogP contribution >= 0.6 is 0 Å². The van der Waals surface area contributed by atoms with Crippen LogP contribution in [-0.2, 0) is 9.59 Å². The van der Waals surface area contributed by atoms with Crippen LogP contribution in [0.3, 0.4) is 0 Å². The topological polar surface area (TPSA) is 34.1 Å². The molecule has 2 heteroatoms. The minimum atomic E-state index is 0.0944. The molecule has 0 aromatic rings. The number of rotatable bonds is 12. The number of hydrogen-bond donors (Lipinski definition) is 0. The molecule has 0 aromatic carbocycles. The van der Waals surface area contributed by atoms with Crippen molar-refractivity contribution in [3.63, 3.8) is 0 Å². The Balaban J connectivity index is 3.08. The molecular formula is C15H28O2. The van der Waals surface area contributed by atoms with E-state index in [0.29, 0.717) is 12.7 Å². The summed E-state index contributed by atoms with van der Waals surface area (Å²) in [5, 5.41) is 0. The Labute approximate surface area is 106 Å². The van der Waals surface area contributed by atoms with Gasteiger partial charge in [0.1, 0.15) is 12.1 Å². The summed E-state index contributed by atoms with van der Waals surface area (Å²) < 4.78 is 0. The first-order chi connectivity index (χ1) is 8.16. The minimum absolute atomic E-state index is 0.0944. The Bertz CT molecular complexity index is 197. The second-order valence-corrected chi connectivity index (χ2v) is 5.32. The monoisotopic (exact) mass is 240 g/mol. The van der Waals surface area contributed by atoms with Gasteiger partial charge in [0.15, 0.2) is 0 Å². The van der Waals surface area contributed by atoms with Crippen LogP contribution in [0.25, 0.3) is 0 Å². The van der Waals surface area contributed by atoms with Crippen LogP contribution in [0, 0.1) is 5.92 Å². The van der Waals surface area contributed by atoms with Crippen LogP contribution < -0.4 is 0 Å². The molecule has 0 aliphatic rings. The van der Waals surface area contributed by atoms with Crippen molar-refractivity contribution < 1.29 is 9.59 Å². The highest BCUT2D eigenvalue weighted by atomic mass is 16.1. The number of Topliss-reactive ketones (excluding diaryl/α,β-unsaturated/α-hetero) is 1. The Morgan fingerprint density at radius 2 is 1.47 bits per heavy atom. The fourth-order valence-electron chi connectivity index (χ4n) is 1.95. The highest BCUT2D eigenvalue weighted by Gasteiger charge is 2.00. The van der Waals surface area contributed by atoms with Crippen molar-refractivity contribution in [2.75, 3.05) is 0 Å². The van der Waals surface area contributed by atoms with E-state index >= 15 is 0 Å². The van der Waals surface area contributed by atoms with Crippen molar-refractivity contribution in [3.8, 4) is 0 Å². The molecule has 0 bridgehead atoms. The molecule has 0 spiro atoms. The highest BCUT2D eigenvalue weighted by Crippen LogP contribution is 2.12. The summed E-state index contributed by atoms with van der Waals surface area (Å²) in [6.45, 7) is 4.55. The summed E-state index contributed by atoms with van der Waals surface area (Å²) in [4.78, 5) is 21.1. The molecule has 17 heavy (non-hydrogen) atoms. The smallest absolute Gasteiger partial charge is 0.139 e. The van der Waals surface area contributed by atoms with Crippen LogP contribution in [0.1, 0.15) is 78.1 Å². The predicted molar refractivity (Wildman–Crippen MR) is 72.1 cm³/mol. The highest BCUT2D eigenvalue weighted by molar-refractivity contribution is 5.89. The van der Waals surface area contributed by atoms with E-state index in [1.807, 2.05) is 0 Å². The average Bonchev–Trinajstić information content (AvgIpc) is 2.27. The molecule has 0 fully saturated rings. The fourth-order valence-corrected chi connectivity index (χ4v) is 1.95. The van der Waals surface area contributed by atoms with Gasteiger partial charge in [-0.25, -0.2) is 0 Å². The van der Waals surface area contributed by atoms with Crippen LogP contribution in [0.15, 0.2) is 0 Å². The van der Waals surface area contributed by atoms with Crippen molar-refractivity contribution >= 4 is 12.1 Å². The van der Waals surface area contributed by atoms with Gasteiger partial charge in [-0.05, 0) is 12.3 Å². The summed E-state index contributed by atoms with van der Waals surface area (Å²) >= 11 is 0. The van der Waals surface area contributed by atoms with Gasteiger partial charge in [0, 0.05) is 6.42 Å². The predicted octanol–water partition coefficient (Wildman–Crippen LogP) is 4.31. The number of unbranched alkanes of at least 4 members (excludes halogenated alkanes) is 6. The third-order valence-electron chi connectivity index (χ3n) is 3.05. The van der Waals surface area contributed by atoms with Gasteiger partial charge in [0.05, 0.1) is 6.42 Å². The molecule has 0 heterocycles. The van der Waals surface area contributed by atoms with Crippen LogP contribution in [-0.4, -0.2) is 12.1 Å². The second-order valence-electron chi connectivity index (χ2n) is 5.32. The molecular weight excluding hydrogens is 212 g/mol. The molecule has 0 rings (SSSR count). The summed E-state index contributed by atoms with van der Waals surface area (Å²) in [7, 11) is 0. The van der Waals surface area contributed by atoms with Crippen LogP contribution in [0.4, 0.5) is 0 Å². The summed E-state index contributed by atoms with van der Waals surface area (Å²) in [5.74, 6) is 0.927. The Morgan fingerprint density at radius 3 is 2.00 bits per heavy atom. The molecule has 2 nitrogen and oxygen atoms in total. The van der Waals surface area contributed by atoms with E-state index in [1.165, 1.54) is 38.5 Å². The molecule has 0 amide bonds. The fraction of sp³-hybridized carbons (Fsp3) is 0.867. The largest absolute Gasteiger partial charge is 0.303 e. The maximum Gasteiger partial charge on any atom is 0.139 e. The lowest BCUT2D eigenvalue weighted by atomic mass is 10.0. The first-order valence-electron chi connectivity index (χ1n) is 7.12. The van der Waals surface area contributed by atoms with Gasteiger partial charge in [0.25, 0.3) is 0 Å². The van der Waals surface area contributed by atoms with Gasteiger partial charge in [-0.15, -0.1) is 0 Å². The van der Waals surface area contributed by atoms with Crippen molar-refractivity contribution in [2.24, 2.45) is 5.92 Å². The van der Waals surface area contributed by atoms with Crippen molar-refractivity contribution in [2.45, 2.75) is 78.1 Å². The second kappa shape index (κ2) is 11.8. The molecule has 0 aliphatic carbocycles. The Kier molecular flexibility index (Phi) is 11.4. The lowest BCUT2D eigenvalue weighted by Gasteiger charge is -2.04. The van der Waals surface area contributed by atoms with Gasteiger partial charge in [-0.3, -0.25) is 4.79 Å². The molecule has 0 unspecified atom stereocenters. The number of carbonyl (C=O) groups excluding carboxylic acids is 2. The first-order valence-corrected chi connectivity index (χ1v) is 7.12. The van der Waals surface area contributed by atoms with E-state index in [2.05, 4.69) is 13.8 Å². The van der Waals surface area contributed by atoms with Gasteiger partial charge in [-0.1, -0.05) is 58.8 Å². The van der Waals surface area contributed by atoms with Gasteiger partial charge in [0.2, 0.25) is 0 Å². The summed E-state index contributed by atoms with van der Waals surface area (Å²) in [6.07, 6.45) is 11.4. The van der Waals surface area contributed by atoms with E-state index in [4.69, 9.17) is 0 Å². The number of carbonyl (C=O) groups is 2. The van der Waals surface area contributed by atoms with Gasteiger partial charge >= 0.3 is 0 Å². The maximum atomic E-state index is 11.0. The molecule has 0 atom stereocenters. The zero-order chi connectivity index (χ0) is 12.9. The van der Waals surface area contributed by atoms with E-state index in [1.54, 1.807) is 0 Å². The Morgan fingerprint density at radius 1 is 0.941 bits per heavy atom. The molecule has 0 saturated heterocycles. The van der Waals surface area contributed by atoms with Crippen molar-refractivity contribution in [3.05, 3.63) is 0 Å². The van der Waals surface area contributed by atoms with Gasteiger partial charge in [-0.2, -0.15) is 0 Å².